The molecule has 0 aliphatic carbocycles. The summed E-state index contributed by atoms with van der Waals surface area (Å²) in [5.41, 5.74) is 2.01. The number of benzene rings is 2. The van der Waals surface area contributed by atoms with Gasteiger partial charge in [0.15, 0.2) is 0 Å². The van der Waals surface area contributed by atoms with Crippen LogP contribution in [0.3, 0.4) is 0 Å². The van der Waals surface area contributed by atoms with Crippen LogP contribution in [0.5, 0.6) is 11.5 Å². The topological polar surface area (TPSA) is 26.3 Å². The standard InChI is InChI=1S/C15H13FO2/c1-10-3-5-13(8-14(10)16)18-15-6-4-12(9-17)7-11(15)2/h3-9H,1-2H3. The molecule has 0 aliphatic heterocycles. The average Bonchev–Trinajstić information content (AvgIpc) is 2.36. The van der Waals surface area contributed by atoms with Gasteiger partial charge in [-0.2, -0.15) is 0 Å². The number of carbonyl (C=O) groups excluding carboxylic acids is 1. The van der Waals surface area contributed by atoms with E-state index < -0.39 is 0 Å². The quantitative estimate of drug-likeness (QED) is 0.761. The molecular weight excluding hydrogens is 231 g/mol. The Morgan fingerprint density at radius 2 is 1.83 bits per heavy atom. The van der Waals surface area contributed by atoms with E-state index in [0.29, 0.717) is 22.6 Å². The number of aldehydes is 1. The first-order chi connectivity index (χ1) is 8.60. The maximum Gasteiger partial charge on any atom is 0.150 e. The maximum absolute atomic E-state index is 13.4. The monoisotopic (exact) mass is 244 g/mol. The molecule has 0 fully saturated rings. The Morgan fingerprint density at radius 1 is 1.06 bits per heavy atom. The summed E-state index contributed by atoms with van der Waals surface area (Å²) < 4.78 is 19.0. The third-order valence-corrected chi connectivity index (χ3v) is 2.71. The Morgan fingerprint density at radius 3 is 2.44 bits per heavy atom. The maximum atomic E-state index is 13.4. The molecule has 0 atom stereocenters. The lowest BCUT2D eigenvalue weighted by Gasteiger charge is -2.09. The zero-order valence-corrected chi connectivity index (χ0v) is 10.2. The van der Waals surface area contributed by atoms with Crippen LogP contribution in [-0.4, -0.2) is 6.29 Å². The minimum Gasteiger partial charge on any atom is -0.457 e. The molecule has 0 radical (unpaired) electrons. The second kappa shape index (κ2) is 5.00. The molecular formula is C15H13FO2. The Labute approximate surface area is 105 Å². The van der Waals surface area contributed by atoms with Crippen molar-refractivity contribution in [2.45, 2.75) is 13.8 Å². The number of aryl methyl sites for hydroxylation is 2. The van der Waals surface area contributed by atoms with Gasteiger partial charge in [0.2, 0.25) is 0 Å². The van der Waals surface area contributed by atoms with Gasteiger partial charge in [-0.05, 0) is 49.2 Å². The normalized spacial score (nSPS) is 10.2. The largest absolute Gasteiger partial charge is 0.457 e. The number of halogens is 1. The van der Waals surface area contributed by atoms with Crippen LogP contribution in [-0.2, 0) is 0 Å². The van der Waals surface area contributed by atoms with Crippen molar-refractivity contribution >= 4 is 6.29 Å². The molecule has 0 N–H and O–H groups in total. The van der Waals surface area contributed by atoms with E-state index in [1.807, 2.05) is 6.92 Å². The van der Waals surface area contributed by atoms with Crippen molar-refractivity contribution in [2.24, 2.45) is 0 Å². The van der Waals surface area contributed by atoms with Gasteiger partial charge in [-0.25, -0.2) is 4.39 Å². The smallest absolute Gasteiger partial charge is 0.150 e. The zero-order chi connectivity index (χ0) is 13.1. The molecule has 2 nitrogen and oxygen atoms in total. The van der Waals surface area contributed by atoms with Gasteiger partial charge in [0.05, 0.1) is 0 Å². The second-order valence-electron chi connectivity index (χ2n) is 4.16. The molecule has 0 aliphatic rings. The fraction of sp³-hybridized carbons (Fsp3) is 0.133. The summed E-state index contributed by atoms with van der Waals surface area (Å²) in [6.07, 6.45) is 0.780. The summed E-state index contributed by atoms with van der Waals surface area (Å²) in [6, 6.07) is 9.83. The van der Waals surface area contributed by atoms with Crippen molar-refractivity contribution in [2.75, 3.05) is 0 Å². The summed E-state index contributed by atoms with van der Waals surface area (Å²) in [7, 11) is 0. The Kier molecular flexibility index (Phi) is 3.42. The molecule has 3 heteroatoms. The van der Waals surface area contributed by atoms with Crippen LogP contribution in [0.25, 0.3) is 0 Å². The number of hydrogen-bond donors (Lipinski definition) is 0. The number of rotatable bonds is 3. The van der Waals surface area contributed by atoms with Crippen molar-refractivity contribution in [1.29, 1.82) is 0 Å². The summed E-state index contributed by atoms with van der Waals surface area (Å²) in [6.45, 7) is 3.54. The lowest BCUT2D eigenvalue weighted by Crippen LogP contribution is -1.91. The third-order valence-electron chi connectivity index (χ3n) is 2.71. The van der Waals surface area contributed by atoms with Crippen molar-refractivity contribution in [3.05, 3.63) is 58.9 Å². The summed E-state index contributed by atoms with van der Waals surface area (Å²) >= 11 is 0. The van der Waals surface area contributed by atoms with E-state index in [2.05, 4.69) is 0 Å². The van der Waals surface area contributed by atoms with Gasteiger partial charge in [0, 0.05) is 11.6 Å². The molecule has 0 spiro atoms. The Bertz CT molecular complexity index is 591. The molecule has 2 rings (SSSR count). The fourth-order valence-corrected chi connectivity index (χ4v) is 1.62. The summed E-state index contributed by atoms with van der Waals surface area (Å²) in [5.74, 6) is 0.763. The van der Waals surface area contributed by atoms with E-state index in [4.69, 9.17) is 4.74 Å². The van der Waals surface area contributed by atoms with Gasteiger partial charge in [0.25, 0.3) is 0 Å². The molecule has 0 unspecified atom stereocenters. The Balaban J connectivity index is 2.28. The highest BCUT2D eigenvalue weighted by atomic mass is 19.1. The average molecular weight is 244 g/mol. The van der Waals surface area contributed by atoms with Crippen LogP contribution in [0.2, 0.25) is 0 Å². The van der Waals surface area contributed by atoms with Gasteiger partial charge in [-0.15, -0.1) is 0 Å². The van der Waals surface area contributed by atoms with Gasteiger partial charge >= 0.3 is 0 Å². The first kappa shape index (κ1) is 12.3. The number of ether oxygens (including phenoxy) is 1. The molecule has 0 heterocycles. The number of hydrogen-bond acceptors (Lipinski definition) is 2. The lowest BCUT2D eigenvalue weighted by atomic mass is 10.1. The van der Waals surface area contributed by atoms with Crippen LogP contribution in [0.15, 0.2) is 36.4 Å². The molecule has 18 heavy (non-hydrogen) atoms. The van der Waals surface area contributed by atoms with Crippen molar-refractivity contribution in [1.82, 2.24) is 0 Å². The van der Waals surface area contributed by atoms with Gasteiger partial charge < -0.3 is 4.74 Å². The van der Waals surface area contributed by atoms with Crippen LogP contribution < -0.4 is 4.74 Å². The van der Waals surface area contributed by atoms with E-state index >= 15 is 0 Å². The second-order valence-corrected chi connectivity index (χ2v) is 4.16. The predicted molar refractivity (Wildman–Crippen MR) is 67.8 cm³/mol. The lowest BCUT2D eigenvalue weighted by molar-refractivity contribution is 0.112. The van der Waals surface area contributed by atoms with Gasteiger partial charge in [-0.1, -0.05) is 6.07 Å². The highest BCUT2D eigenvalue weighted by Crippen LogP contribution is 2.26. The van der Waals surface area contributed by atoms with E-state index in [9.17, 15) is 9.18 Å². The molecule has 2 aromatic carbocycles. The van der Waals surface area contributed by atoms with Gasteiger partial charge in [-0.3, -0.25) is 4.79 Å². The van der Waals surface area contributed by atoms with Crippen LogP contribution in [0, 0.1) is 19.7 Å². The first-order valence-electron chi connectivity index (χ1n) is 5.60. The molecule has 2 aromatic rings. The predicted octanol–water partition coefficient (Wildman–Crippen LogP) is 4.05. The fourth-order valence-electron chi connectivity index (χ4n) is 1.62. The molecule has 0 bridgehead atoms. The third kappa shape index (κ3) is 2.56. The number of carbonyl (C=O) groups is 1. The van der Waals surface area contributed by atoms with E-state index in [1.54, 1.807) is 37.3 Å². The van der Waals surface area contributed by atoms with Crippen molar-refractivity contribution in [3.63, 3.8) is 0 Å². The molecule has 0 saturated heterocycles. The first-order valence-corrected chi connectivity index (χ1v) is 5.60. The van der Waals surface area contributed by atoms with Crippen LogP contribution in [0.1, 0.15) is 21.5 Å². The Hall–Kier alpha value is -2.16. The summed E-state index contributed by atoms with van der Waals surface area (Å²) in [5, 5.41) is 0. The molecule has 0 aromatic heterocycles. The minimum atomic E-state index is -0.297. The van der Waals surface area contributed by atoms with Crippen molar-refractivity contribution < 1.29 is 13.9 Å². The van der Waals surface area contributed by atoms with Crippen molar-refractivity contribution in [3.8, 4) is 11.5 Å². The highest BCUT2D eigenvalue weighted by Gasteiger charge is 2.05. The molecule has 0 amide bonds. The van der Waals surface area contributed by atoms with E-state index in [1.165, 1.54) is 6.07 Å². The molecule has 0 saturated carbocycles. The molecule has 92 valence electrons. The minimum absolute atomic E-state index is 0.297. The zero-order valence-electron chi connectivity index (χ0n) is 10.2. The van der Waals surface area contributed by atoms with Gasteiger partial charge in [0.1, 0.15) is 23.6 Å². The highest BCUT2D eigenvalue weighted by molar-refractivity contribution is 5.75. The van der Waals surface area contributed by atoms with E-state index in [0.717, 1.165) is 11.8 Å². The summed E-state index contributed by atoms with van der Waals surface area (Å²) in [4.78, 5) is 10.6. The van der Waals surface area contributed by atoms with Crippen LogP contribution >= 0.6 is 0 Å². The van der Waals surface area contributed by atoms with Crippen LogP contribution in [0.4, 0.5) is 4.39 Å². The SMILES string of the molecule is Cc1ccc(Oc2ccc(C=O)cc2C)cc1F. The van der Waals surface area contributed by atoms with E-state index in [-0.39, 0.29) is 5.82 Å².